The van der Waals surface area contributed by atoms with E-state index in [4.69, 9.17) is 4.74 Å². The van der Waals surface area contributed by atoms with Gasteiger partial charge in [0.2, 0.25) is 10.0 Å². The summed E-state index contributed by atoms with van der Waals surface area (Å²) in [6.07, 6.45) is 1.79. The zero-order valence-electron chi connectivity index (χ0n) is 17.9. The van der Waals surface area contributed by atoms with E-state index in [1.807, 2.05) is 31.2 Å². The number of fused-ring (bicyclic) bond motifs is 1. The van der Waals surface area contributed by atoms with Gasteiger partial charge in [-0.2, -0.15) is 4.31 Å². The van der Waals surface area contributed by atoms with E-state index >= 15 is 0 Å². The molecule has 0 aliphatic carbocycles. The van der Waals surface area contributed by atoms with Crippen LogP contribution >= 0.6 is 0 Å². The van der Waals surface area contributed by atoms with Gasteiger partial charge >= 0.3 is 5.97 Å². The fourth-order valence-electron chi connectivity index (χ4n) is 4.10. The van der Waals surface area contributed by atoms with E-state index in [9.17, 15) is 17.6 Å². The van der Waals surface area contributed by atoms with E-state index in [0.29, 0.717) is 32.4 Å². The van der Waals surface area contributed by atoms with Crippen molar-refractivity contribution in [3.8, 4) is 0 Å². The first kappa shape index (κ1) is 22.4. The molecule has 4 rings (SSSR count). The molecule has 2 aromatic carbocycles. The molecule has 170 valence electrons. The predicted molar refractivity (Wildman–Crippen MR) is 118 cm³/mol. The third kappa shape index (κ3) is 4.68. The number of nitrogens with zero attached hydrogens (tertiary/aromatic N) is 3. The van der Waals surface area contributed by atoms with Crippen LogP contribution < -0.4 is 0 Å². The molecule has 0 radical (unpaired) electrons. The highest BCUT2D eigenvalue weighted by atomic mass is 32.2. The highest BCUT2D eigenvalue weighted by Gasteiger charge is 2.34. The maximum atomic E-state index is 13.1. The van der Waals surface area contributed by atoms with Gasteiger partial charge in [-0.25, -0.2) is 17.8 Å². The van der Waals surface area contributed by atoms with Crippen LogP contribution in [-0.2, 0) is 26.1 Å². The lowest BCUT2D eigenvalue weighted by atomic mass is 10.00. The number of sulfonamides is 1. The van der Waals surface area contributed by atoms with Crippen LogP contribution in [0.3, 0.4) is 0 Å². The molecule has 1 saturated heterocycles. The highest BCUT2D eigenvalue weighted by molar-refractivity contribution is 7.89. The molecule has 9 heteroatoms. The third-order valence-electron chi connectivity index (χ3n) is 5.78. The maximum Gasteiger partial charge on any atom is 0.310 e. The minimum atomic E-state index is -3.78. The predicted octanol–water partition coefficient (Wildman–Crippen LogP) is 3.52. The van der Waals surface area contributed by atoms with Crippen LogP contribution in [0.5, 0.6) is 0 Å². The Morgan fingerprint density at radius 1 is 1.19 bits per heavy atom. The second-order valence-corrected chi connectivity index (χ2v) is 9.91. The first-order chi connectivity index (χ1) is 15.4. The molecule has 0 saturated carbocycles. The monoisotopic (exact) mass is 459 g/mol. The summed E-state index contributed by atoms with van der Waals surface area (Å²) < 4.78 is 47.7. The number of aromatic nitrogens is 2. The summed E-state index contributed by atoms with van der Waals surface area (Å²) in [5.74, 6) is -0.472. The van der Waals surface area contributed by atoms with Gasteiger partial charge in [0.25, 0.3) is 0 Å². The van der Waals surface area contributed by atoms with Crippen molar-refractivity contribution in [3.63, 3.8) is 0 Å². The summed E-state index contributed by atoms with van der Waals surface area (Å²) in [7, 11) is -3.78. The number of rotatable bonds is 7. The largest absolute Gasteiger partial charge is 0.465 e. The van der Waals surface area contributed by atoms with Gasteiger partial charge in [0, 0.05) is 19.6 Å². The summed E-state index contributed by atoms with van der Waals surface area (Å²) in [6.45, 7) is 3.28. The number of para-hydroxylation sites is 2. The van der Waals surface area contributed by atoms with Gasteiger partial charge in [-0.1, -0.05) is 12.1 Å². The van der Waals surface area contributed by atoms with Crippen LogP contribution in [-0.4, -0.2) is 47.9 Å². The fourth-order valence-corrected chi connectivity index (χ4v) is 5.62. The van der Waals surface area contributed by atoms with Crippen molar-refractivity contribution in [1.82, 2.24) is 13.9 Å². The van der Waals surface area contributed by atoms with Crippen molar-refractivity contribution >= 4 is 27.0 Å². The fraction of sp³-hybridized carbons (Fsp3) is 0.391. The summed E-state index contributed by atoms with van der Waals surface area (Å²) in [6, 6.07) is 12.6. The van der Waals surface area contributed by atoms with Gasteiger partial charge in [0.15, 0.2) is 0 Å². The van der Waals surface area contributed by atoms with E-state index in [1.54, 1.807) is 0 Å². The van der Waals surface area contributed by atoms with Crippen LogP contribution in [0.25, 0.3) is 11.0 Å². The summed E-state index contributed by atoms with van der Waals surface area (Å²) in [5, 5.41) is 0. The van der Waals surface area contributed by atoms with Crippen LogP contribution in [0.15, 0.2) is 53.4 Å². The number of imidazole rings is 1. The lowest BCUT2D eigenvalue weighted by molar-refractivity contribution is -0.149. The Bertz CT molecular complexity index is 1210. The lowest BCUT2D eigenvalue weighted by Crippen LogP contribution is -2.42. The summed E-state index contributed by atoms with van der Waals surface area (Å²) in [5.41, 5.74) is 1.98. The van der Waals surface area contributed by atoms with Gasteiger partial charge < -0.3 is 9.30 Å². The van der Waals surface area contributed by atoms with E-state index < -0.39 is 21.8 Å². The van der Waals surface area contributed by atoms with Gasteiger partial charge in [-0.3, -0.25) is 4.79 Å². The first-order valence-electron chi connectivity index (χ1n) is 10.7. The lowest BCUT2D eigenvalue weighted by Gasteiger charge is -2.30. The van der Waals surface area contributed by atoms with Crippen LogP contribution in [0.4, 0.5) is 4.39 Å². The van der Waals surface area contributed by atoms with Crippen molar-refractivity contribution in [1.29, 1.82) is 0 Å². The number of carbonyl (C=O) groups excluding carboxylic acids is 1. The second-order valence-electron chi connectivity index (χ2n) is 7.98. The van der Waals surface area contributed by atoms with Crippen molar-refractivity contribution in [2.24, 2.45) is 5.92 Å². The average Bonchev–Trinajstić information content (AvgIpc) is 3.12. The first-order valence-corrected chi connectivity index (χ1v) is 12.1. The normalized spacial score (nSPS) is 17.5. The van der Waals surface area contributed by atoms with E-state index in [0.717, 1.165) is 29.0 Å². The molecule has 1 unspecified atom stereocenters. The molecule has 0 amide bonds. The molecule has 0 spiro atoms. The molecule has 7 nitrogen and oxygen atoms in total. The minimum Gasteiger partial charge on any atom is -0.465 e. The molecule has 1 atom stereocenters. The molecule has 1 aliphatic heterocycles. The number of ether oxygens (including phenoxy) is 1. The molecule has 0 bridgehead atoms. The number of aryl methyl sites for hydroxylation is 2. The molecule has 1 aliphatic rings. The number of hydrogen-bond donors (Lipinski definition) is 0. The zero-order chi connectivity index (χ0) is 22.7. The van der Waals surface area contributed by atoms with Crippen molar-refractivity contribution < 1.29 is 22.3 Å². The number of piperidine rings is 1. The molecule has 2 heterocycles. The standard InChI is InChI=1S/C23H26FN3O4S/c1-17-25-21-7-2-3-8-22(21)27(17)14-5-15-31-23(28)18-6-4-13-26(16-18)32(29,30)20-11-9-19(24)10-12-20/h2-3,7-12,18H,4-6,13-16H2,1H3. The molecule has 1 aromatic heterocycles. The second kappa shape index (κ2) is 9.38. The third-order valence-corrected chi connectivity index (χ3v) is 7.66. The number of hydrogen-bond acceptors (Lipinski definition) is 5. The Balaban J connectivity index is 1.31. The van der Waals surface area contributed by atoms with E-state index in [-0.39, 0.29) is 24.0 Å². The topological polar surface area (TPSA) is 81.5 Å². The van der Waals surface area contributed by atoms with Crippen molar-refractivity contribution in [3.05, 3.63) is 60.2 Å². The number of esters is 1. The van der Waals surface area contributed by atoms with Gasteiger partial charge in [0.1, 0.15) is 11.6 Å². The molecule has 3 aromatic rings. The average molecular weight is 460 g/mol. The van der Waals surface area contributed by atoms with Gasteiger partial charge in [-0.15, -0.1) is 0 Å². The molecule has 1 fully saturated rings. The SMILES string of the molecule is Cc1nc2ccccc2n1CCCOC(=O)C1CCCN(S(=O)(=O)c2ccc(F)cc2)C1. The number of benzene rings is 2. The maximum absolute atomic E-state index is 13.1. The Morgan fingerprint density at radius 2 is 1.94 bits per heavy atom. The summed E-state index contributed by atoms with van der Waals surface area (Å²) in [4.78, 5) is 17.1. The quantitative estimate of drug-likeness (QED) is 0.399. The molecule has 32 heavy (non-hydrogen) atoms. The highest BCUT2D eigenvalue weighted by Crippen LogP contribution is 2.25. The minimum absolute atomic E-state index is 0.0239. The van der Waals surface area contributed by atoms with Crippen LogP contribution in [0, 0.1) is 18.7 Å². The molecular weight excluding hydrogens is 433 g/mol. The Kier molecular flexibility index (Phi) is 6.57. The zero-order valence-corrected chi connectivity index (χ0v) is 18.7. The Hall–Kier alpha value is -2.78. The van der Waals surface area contributed by atoms with E-state index in [2.05, 4.69) is 9.55 Å². The number of halogens is 1. The van der Waals surface area contributed by atoms with Gasteiger partial charge in [-0.05, 0) is 62.6 Å². The smallest absolute Gasteiger partial charge is 0.310 e. The Morgan fingerprint density at radius 3 is 2.72 bits per heavy atom. The summed E-state index contributed by atoms with van der Waals surface area (Å²) >= 11 is 0. The van der Waals surface area contributed by atoms with Crippen LogP contribution in [0.2, 0.25) is 0 Å². The van der Waals surface area contributed by atoms with E-state index in [1.165, 1.54) is 16.4 Å². The molecule has 0 N–H and O–H groups in total. The van der Waals surface area contributed by atoms with Crippen molar-refractivity contribution in [2.45, 2.75) is 37.6 Å². The van der Waals surface area contributed by atoms with Crippen molar-refractivity contribution in [2.75, 3.05) is 19.7 Å². The number of carbonyl (C=O) groups is 1. The van der Waals surface area contributed by atoms with Gasteiger partial charge in [0.05, 0.1) is 28.5 Å². The van der Waals surface area contributed by atoms with Crippen LogP contribution in [0.1, 0.15) is 25.1 Å². The molecular formula is C23H26FN3O4S. The Labute approximate surface area is 186 Å².